The van der Waals surface area contributed by atoms with E-state index in [1.807, 2.05) is 13.0 Å². The molecular formula is C18H17BrN2. The zero-order chi connectivity index (χ0) is 14.8. The predicted molar refractivity (Wildman–Crippen MR) is 93.1 cm³/mol. The second-order valence-electron chi connectivity index (χ2n) is 5.26. The lowest BCUT2D eigenvalue weighted by Crippen LogP contribution is -2.04. The van der Waals surface area contributed by atoms with Crippen LogP contribution in [-0.2, 0) is 0 Å². The smallest absolute Gasteiger partial charge is 0.0988 e. The minimum absolute atomic E-state index is 0.749. The van der Waals surface area contributed by atoms with Crippen molar-refractivity contribution in [2.75, 3.05) is 6.54 Å². The third-order valence-corrected chi connectivity index (χ3v) is 4.55. The van der Waals surface area contributed by atoms with Crippen molar-refractivity contribution >= 4 is 32.4 Å². The van der Waals surface area contributed by atoms with Gasteiger partial charge in [-0.2, -0.15) is 0 Å². The first kappa shape index (κ1) is 14.2. The molecule has 0 saturated carbocycles. The predicted octanol–water partition coefficient (Wildman–Crippen LogP) is 5.00. The number of pyridine rings is 1. The molecule has 0 unspecified atom stereocenters. The number of hydrogen-bond donors (Lipinski definition) is 0. The molecular weight excluding hydrogens is 324 g/mol. The fraction of sp³-hybridized carbons (Fsp3) is 0.222. The van der Waals surface area contributed by atoms with Gasteiger partial charge in [0.1, 0.15) is 0 Å². The highest BCUT2D eigenvalue weighted by atomic mass is 79.9. The van der Waals surface area contributed by atoms with E-state index in [1.54, 1.807) is 0 Å². The van der Waals surface area contributed by atoms with Crippen molar-refractivity contribution < 1.29 is 0 Å². The van der Waals surface area contributed by atoms with Gasteiger partial charge in [0.05, 0.1) is 22.4 Å². The lowest BCUT2D eigenvalue weighted by atomic mass is 10.1. The molecule has 21 heavy (non-hydrogen) atoms. The summed E-state index contributed by atoms with van der Waals surface area (Å²) in [5.74, 6) is 0. The van der Waals surface area contributed by atoms with Crippen LogP contribution in [-0.4, -0.2) is 17.2 Å². The van der Waals surface area contributed by atoms with Crippen molar-refractivity contribution in [3.63, 3.8) is 0 Å². The van der Waals surface area contributed by atoms with E-state index >= 15 is 0 Å². The number of benzene rings is 1. The van der Waals surface area contributed by atoms with Gasteiger partial charge in [0.25, 0.3) is 0 Å². The standard InChI is InChI=1S/C18H17BrN2/c1-12-15-9-5-6-10-16(15)17(19)18(21-12)13(2)20-11-14-7-3-4-8-14/h3-7,9-10H,8,11H2,1-2H3. The maximum Gasteiger partial charge on any atom is 0.0988 e. The molecule has 0 atom stereocenters. The molecule has 1 aliphatic carbocycles. The topological polar surface area (TPSA) is 25.2 Å². The SMILES string of the molecule is CC(=NCC1=CC=CC1)c1nc(C)c2ccccc2c1Br. The molecule has 0 N–H and O–H groups in total. The largest absolute Gasteiger partial charge is 0.283 e. The van der Waals surface area contributed by atoms with E-state index in [0.717, 1.165) is 34.5 Å². The molecule has 106 valence electrons. The number of allylic oxidation sites excluding steroid dienone is 3. The van der Waals surface area contributed by atoms with E-state index in [0.29, 0.717) is 0 Å². The summed E-state index contributed by atoms with van der Waals surface area (Å²) in [4.78, 5) is 9.43. The van der Waals surface area contributed by atoms with Crippen molar-refractivity contribution in [1.29, 1.82) is 0 Å². The summed E-state index contributed by atoms with van der Waals surface area (Å²) in [5.41, 5.74) is 4.31. The molecule has 1 heterocycles. The Morgan fingerprint density at radius 3 is 2.76 bits per heavy atom. The average Bonchev–Trinajstić information content (AvgIpc) is 3.02. The van der Waals surface area contributed by atoms with Crippen molar-refractivity contribution in [3.8, 4) is 0 Å². The summed E-state index contributed by atoms with van der Waals surface area (Å²) < 4.78 is 1.03. The summed E-state index contributed by atoms with van der Waals surface area (Å²) in [6, 6.07) is 8.32. The first-order valence-corrected chi connectivity index (χ1v) is 7.87. The third kappa shape index (κ3) is 2.84. The fourth-order valence-electron chi connectivity index (χ4n) is 2.54. The van der Waals surface area contributed by atoms with Crippen molar-refractivity contribution in [1.82, 2.24) is 4.98 Å². The highest BCUT2D eigenvalue weighted by molar-refractivity contribution is 9.10. The lowest BCUT2D eigenvalue weighted by molar-refractivity contribution is 1.07. The minimum atomic E-state index is 0.749. The summed E-state index contributed by atoms with van der Waals surface area (Å²) in [7, 11) is 0. The summed E-state index contributed by atoms with van der Waals surface area (Å²) in [5, 5.41) is 2.37. The Morgan fingerprint density at radius 2 is 2.05 bits per heavy atom. The molecule has 0 amide bonds. The Labute approximate surface area is 133 Å². The molecule has 1 aromatic heterocycles. The normalized spacial score (nSPS) is 14.8. The summed E-state index contributed by atoms with van der Waals surface area (Å²) in [6.07, 6.45) is 7.41. The van der Waals surface area contributed by atoms with E-state index < -0.39 is 0 Å². The molecule has 3 rings (SSSR count). The molecule has 2 nitrogen and oxygen atoms in total. The summed E-state index contributed by atoms with van der Waals surface area (Å²) in [6.45, 7) is 4.83. The monoisotopic (exact) mass is 340 g/mol. The highest BCUT2D eigenvalue weighted by Gasteiger charge is 2.12. The molecule has 3 heteroatoms. The second-order valence-corrected chi connectivity index (χ2v) is 6.06. The van der Waals surface area contributed by atoms with Gasteiger partial charge in [-0.05, 0) is 47.2 Å². The van der Waals surface area contributed by atoms with Crippen LogP contribution < -0.4 is 0 Å². The van der Waals surface area contributed by atoms with Gasteiger partial charge >= 0.3 is 0 Å². The molecule has 2 aromatic rings. The number of rotatable bonds is 3. The van der Waals surface area contributed by atoms with Crippen LogP contribution in [0.25, 0.3) is 10.8 Å². The quantitative estimate of drug-likeness (QED) is 0.721. The Morgan fingerprint density at radius 1 is 1.29 bits per heavy atom. The first-order valence-electron chi connectivity index (χ1n) is 7.07. The Bertz CT molecular complexity index is 785. The van der Waals surface area contributed by atoms with E-state index in [2.05, 4.69) is 59.3 Å². The molecule has 0 aliphatic heterocycles. The van der Waals surface area contributed by atoms with Crippen molar-refractivity contribution in [2.45, 2.75) is 20.3 Å². The van der Waals surface area contributed by atoms with Crippen molar-refractivity contribution in [2.24, 2.45) is 4.99 Å². The average molecular weight is 341 g/mol. The van der Waals surface area contributed by atoms with E-state index in [-0.39, 0.29) is 0 Å². The zero-order valence-electron chi connectivity index (χ0n) is 12.2. The van der Waals surface area contributed by atoms with Gasteiger partial charge in [-0.1, -0.05) is 42.5 Å². The number of fused-ring (bicyclic) bond motifs is 1. The van der Waals surface area contributed by atoms with Gasteiger partial charge in [-0.25, -0.2) is 0 Å². The first-order chi connectivity index (χ1) is 10.2. The van der Waals surface area contributed by atoms with Gasteiger partial charge in [0.15, 0.2) is 0 Å². The maximum atomic E-state index is 4.73. The van der Waals surface area contributed by atoms with Crippen molar-refractivity contribution in [3.05, 3.63) is 63.9 Å². The summed E-state index contributed by atoms with van der Waals surface area (Å²) >= 11 is 3.70. The number of nitrogens with zero attached hydrogens (tertiary/aromatic N) is 2. The molecule has 0 saturated heterocycles. The highest BCUT2D eigenvalue weighted by Crippen LogP contribution is 2.28. The number of aromatic nitrogens is 1. The van der Waals surface area contributed by atoms with E-state index in [4.69, 9.17) is 9.98 Å². The van der Waals surface area contributed by atoms with Crippen LogP contribution in [0.4, 0.5) is 0 Å². The van der Waals surface area contributed by atoms with Crippen LogP contribution in [0, 0.1) is 6.92 Å². The molecule has 0 spiro atoms. The van der Waals surface area contributed by atoms with Crippen LogP contribution in [0.2, 0.25) is 0 Å². The number of hydrogen-bond acceptors (Lipinski definition) is 2. The van der Waals surface area contributed by atoms with Crippen LogP contribution in [0.15, 0.2) is 57.5 Å². The second kappa shape index (κ2) is 5.94. The fourth-order valence-corrected chi connectivity index (χ4v) is 3.26. The lowest BCUT2D eigenvalue weighted by Gasteiger charge is -2.10. The van der Waals surface area contributed by atoms with Crippen LogP contribution in [0.3, 0.4) is 0 Å². The van der Waals surface area contributed by atoms with Gasteiger partial charge in [0.2, 0.25) is 0 Å². The Balaban J connectivity index is 1.99. The Kier molecular flexibility index (Phi) is 4.02. The third-order valence-electron chi connectivity index (χ3n) is 3.75. The zero-order valence-corrected chi connectivity index (χ0v) is 13.8. The molecule has 0 bridgehead atoms. The molecule has 0 radical (unpaired) electrons. The Hall–Kier alpha value is -1.74. The van der Waals surface area contributed by atoms with Gasteiger partial charge < -0.3 is 0 Å². The van der Waals surface area contributed by atoms with Gasteiger partial charge in [-0.3, -0.25) is 9.98 Å². The molecule has 1 aromatic carbocycles. The maximum absolute atomic E-state index is 4.73. The number of aliphatic imine (C=N–C) groups is 1. The van der Waals surface area contributed by atoms with E-state index in [1.165, 1.54) is 16.3 Å². The van der Waals surface area contributed by atoms with Crippen LogP contribution >= 0.6 is 15.9 Å². The molecule has 0 fully saturated rings. The minimum Gasteiger partial charge on any atom is -0.283 e. The number of halogens is 1. The van der Waals surface area contributed by atoms with E-state index in [9.17, 15) is 0 Å². The van der Waals surface area contributed by atoms with Gasteiger partial charge in [-0.15, -0.1) is 0 Å². The van der Waals surface area contributed by atoms with Gasteiger partial charge in [0, 0.05) is 11.1 Å². The van der Waals surface area contributed by atoms with Crippen LogP contribution in [0.1, 0.15) is 24.7 Å². The number of aryl methyl sites for hydroxylation is 1. The van der Waals surface area contributed by atoms with Crippen LogP contribution in [0.5, 0.6) is 0 Å². The molecule has 1 aliphatic rings.